The van der Waals surface area contributed by atoms with Gasteiger partial charge < -0.3 is 14.9 Å². The summed E-state index contributed by atoms with van der Waals surface area (Å²) in [5.41, 5.74) is 3.04. The predicted octanol–water partition coefficient (Wildman–Crippen LogP) is 4.12. The SMILES string of the molecule is CC(c1ccccc1)(c1ccc(O)cc1)c1ccc(OCCO)cc1. The van der Waals surface area contributed by atoms with Crippen LogP contribution in [0.2, 0.25) is 0 Å². The first kappa shape index (κ1) is 17.1. The lowest BCUT2D eigenvalue weighted by molar-refractivity contribution is 0.201. The Morgan fingerprint density at radius 3 is 1.84 bits per heavy atom. The zero-order chi connectivity index (χ0) is 17.7. The minimum absolute atomic E-state index is 0.00299. The monoisotopic (exact) mass is 334 g/mol. The molecule has 0 radical (unpaired) electrons. The van der Waals surface area contributed by atoms with Gasteiger partial charge in [0.15, 0.2) is 0 Å². The van der Waals surface area contributed by atoms with Crippen molar-refractivity contribution in [1.29, 1.82) is 0 Å². The molecule has 0 saturated carbocycles. The Bertz CT molecular complexity index is 795. The van der Waals surface area contributed by atoms with Crippen molar-refractivity contribution in [3.8, 4) is 11.5 Å². The van der Waals surface area contributed by atoms with Crippen LogP contribution in [0.3, 0.4) is 0 Å². The molecular weight excluding hydrogens is 312 g/mol. The van der Waals surface area contributed by atoms with Gasteiger partial charge in [0.05, 0.1) is 6.61 Å². The maximum absolute atomic E-state index is 9.65. The average Bonchev–Trinajstić information content (AvgIpc) is 2.67. The van der Waals surface area contributed by atoms with Crippen LogP contribution in [0, 0.1) is 0 Å². The number of ether oxygens (including phenoxy) is 1. The van der Waals surface area contributed by atoms with E-state index in [9.17, 15) is 5.11 Å². The van der Waals surface area contributed by atoms with E-state index in [-0.39, 0.29) is 24.4 Å². The second-order valence-corrected chi connectivity index (χ2v) is 6.13. The molecule has 128 valence electrons. The van der Waals surface area contributed by atoms with Crippen LogP contribution >= 0.6 is 0 Å². The summed E-state index contributed by atoms with van der Waals surface area (Å²) >= 11 is 0. The number of hydrogen-bond donors (Lipinski definition) is 2. The van der Waals surface area contributed by atoms with Crippen LogP contribution in [0.15, 0.2) is 78.9 Å². The fourth-order valence-electron chi connectivity index (χ4n) is 3.11. The molecule has 3 nitrogen and oxygen atoms in total. The van der Waals surface area contributed by atoms with Gasteiger partial charge in [-0.15, -0.1) is 0 Å². The van der Waals surface area contributed by atoms with E-state index in [1.54, 1.807) is 12.1 Å². The molecule has 3 heteroatoms. The molecule has 25 heavy (non-hydrogen) atoms. The van der Waals surface area contributed by atoms with Crippen molar-refractivity contribution >= 4 is 0 Å². The predicted molar refractivity (Wildman–Crippen MR) is 99.1 cm³/mol. The van der Waals surface area contributed by atoms with Crippen molar-refractivity contribution in [3.63, 3.8) is 0 Å². The Hall–Kier alpha value is -2.78. The van der Waals surface area contributed by atoms with E-state index >= 15 is 0 Å². The lowest BCUT2D eigenvalue weighted by atomic mass is 9.71. The van der Waals surface area contributed by atoms with Gasteiger partial charge in [-0.2, -0.15) is 0 Å². The van der Waals surface area contributed by atoms with Gasteiger partial charge in [-0.3, -0.25) is 0 Å². The van der Waals surface area contributed by atoms with Crippen molar-refractivity contribution in [2.45, 2.75) is 12.3 Å². The van der Waals surface area contributed by atoms with Crippen LogP contribution in [0.1, 0.15) is 23.6 Å². The first-order valence-electron chi connectivity index (χ1n) is 8.34. The van der Waals surface area contributed by atoms with Crippen LogP contribution in [-0.4, -0.2) is 23.4 Å². The van der Waals surface area contributed by atoms with Crippen LogP contribution in [0.4, 0.5) is 0 Å². The number of rotatable bonds is 6. The first-order valence-corrected chi connectivity index (χ1v) is 8.34. The van der Waals surface area contributed by atoms with E-state index in [2.05, 4.69) is 19.1 Å². The summed E-state index contributed by atoms with van der Waals surface area (Å²) in [5, 5.41) is 18.5. The highest BCUT2D eigenvalue weighted by molar-refractivity contribution is 5.51. The third-order valence-electron chi connectivity index (χ3n) is 4.59. The molecule has 0 bridgehead atoms. The second kappa shape index (κ2) is 7.41. The topological polar surface area (TPSA) is 49.7 Å². The van der Waals surface area contributed by atoms with E-state index in [1.165, 1.54) is 5.56 Å². The molecule has 0 saturated heterocycles. The Labute approximate surface area is 148 Å². The molecule has 1 unspecified atom stereocenters. The molecule has 0 aromatic heterocycles. The van der Waals surface area contributed by atoms with E-state index in [4.69, 9.17) is 9.84 Å². The standard InChI is InChI=1S/C22H22O3/c1-22(17-5-3-2-4-6-17,18-7-11-20(24)12-8-18)19-9-13-21(14-10-19)25-16-15-23/h2-14,23-24H,15-16H2,1H3. The molecule has 3 aromatic carbocycles. The van der Waals surface area contributed by atoms with Crippen LogP contribution in [0.5, 0.6) is 11.5 Å². The summed E-state index contributed by atoms with van der Waals surface area (Å²) in [6.45, 7) is 2.46. The first-order chi connectivity index (χ1) is 12.1. The van der Waals surface area contributed by atoms with Crippen LogP contribution in [-0.2, 0) is 5.41 Å². The van der Waals surface area contributed by atoms with E-state index in [0.29, 0.717) is 0 Å². The Morgan fingerprint density at radius 2 is 1.28 bits per heavy atom. The number of aromatic hydroxyl groups is 1. The van der Waals surface area contributed by atoms with Gasteiger partial charge in [0, 0.05) is 5.41 Å². The average molecular weight is 334 g/mol. The Kier molecular flexibility index (Phi) is 5.05. The zero-order valence-electron chi connectivity index (χ0n) is 14.2. The van der Waals surface area contributed by atoms with Gasteiger partial charge in [-0.25, -0.2) is 0 Å². The molecule has 0 amide bonds. The minimum atomic E-state index is -0.357. The van der Waals surface area contributed by atoms with E-state index in [1.807, 2.05) is 54.6 Å². The summed E-state index contributed by atoms with van der Waals surface area (Å²) in [6.07, 6.45) is 0. The van der Waals surface area contributed by atoms with Crippen molar-refractivity contribution in [3.05, 3.63) is 95.6 Å². The lowest BCUT2D eigenvalue weighted by Gasteiger charge is -2.32. The molecular formula is C22H22O3. The summed E-state index contributed by atoms with van der Waals surface area (Å²) in [4.78, 5) is 0. The highest BCUT2D eigenvalue weighted by atomic mass is 16.5. The van der Waals surface area contributed by atoms with Gasteiger partial charge >= 0.3 is 0 Å². The minimum Gasteiger partial charge on any atom is -0.508 e. The number of aliphatic hydroxyl groups excluding tert-OH is 1. The van der Waals surface area contributed by atoms with Crippen molar-refractivity contribution in [2.24, 2.45) is 0 Å². The third kappa shape index (κ3) is 3.52. The van der Waals surface area contributed by atoms with E-state index in [0.717, 1.165) is 16.9 Å². The van der Waals surface area contributed by atoms with Crippen molar-refractivity contribution < 1.29 is 14.9 Å². The highest BCUT2D eigenvalue weighted by Crippen LogP contribution is 2.39. The maximum atomic E-state index is 9.65. The number of phenols is 1. The summed E-state index contributed by atoms with van der Waals surface area (Å²) < 4.78 is 5.47. The van der Waals surface area contributed by atoms with Crippen molar-refractivity contribution in [2.75, 3.05) is 13.2 Å². The lowest BCUT2D eigenvalue weighted by Crippen LogP contribution is -2.25. The molecule has 0 fully saturated rings. The molecule has 3 rings (SSSR count). The van der Waals surface area contributed by atoms with Gasteiger partial charge in [-0.05, 0) is 47.9 Å². The second-order valence-electron chi connectivity index (χ2n) is 6.13. The highest BCUT2D eigenvalue weighted by Gasteiger charge is 2.31. The number of benzene rings is 3. The summed E-state index contributed by atoms with van der Waals surface area (Å²) in [6, 6.07) is 25.6. The van der Waals surface area contributed by atoms with E-state index < -0.39 is 0 Å². The summed E-state index contributed by atoms with van der Waals surface area (Å²) in [5.74, 6) is 0.992. The quantitative estimate of drug-likeness (QED) is 0.667. The largest absolute Gasteiger partial charge is 0.508 e. The molecule has 0 spiro atoms. The summed E-state index contributed by atoms with van der Waals surface area (Å²) in [7, 11) is 0. The third-order valence-corrected chi connectivity index (χ3v) is 4.59. The fourth-order valence-corrected chi connectivity index (χ4v) is 3.11. The number of phenolic OH excluding ortho intramolecular Hbond substituents is 1. The zero-order valence-corrected chi connectivity index (χ0v) is 14.2. The molecule has 3 aromatic rings. The Balaban J connectivity index is 2.07. The van der Waals surface area contributed by atoms with Gasteiger partial charge in [0.2, 0.25) is 0 Å². The molecule has 0 heterocycles. The van der Waals surface area contributed by atoms with Crippen molar-refractivity contribution in [1.82, 2.24) is 0 Å². The smallest absolute Gasteiger partial charge is 0.119 e. The molecule has 2 N–H and O–H groups in total. The number of hydrogen-bond acceptors (Lipinski definition) is 3. The Morgan fingerprint density at radius 1 is 0.760 bits per heavy atom. The molecule has 0 aliphatic heterocycles. The normalized spacial score (nSPS) is 13.2. The molecule has 0 aliphatic rings. The van der Waals surface area contributed by atoms with Crippen LogP contribution in [0.25, 0.3) is 0 Å². The van der Waals surface area contributed by atoms with Gasteiger partial charge in [-0.1, -0.05) is 54.6 Å². The fraction of sp³-hybridized carbons (Fsp3) is 0.182. The van der Waals surface area contributed by atoms with Gasteiger partial charge in [0.1, 0.15) is 18.1 Å². The molecule has 0 aliphatic carbocycles. The molecule has 1 atom stereocenters. The van der Waals surface area contributed by atoms with Crippen LogP contribution < -0.4 is 4.74 Å². The number of aliphatic hydroxyl groups is 1. The maximum Gasteiger partial charge on any atom is 0.119 e. The van der Waals surface area contributed by atoms with Gasteiger partial charge in [0.25, 0.3) is 0 Å².